The van der Waals surface area contributed by atoms with E-state index in [0.717, 1.165) is 25.7 Å². The Morgan fingerprint density at radius 1 is 0.500 bits per heavy atom. The van der Waals surface area contributed by atoms with Gasteiger partial charge in [0.25, 0.3) is 6.71 Å². The van der Waals surface area contributed by atoms with E-state index in [9.17, 15) is 0 Å². The molecular formula is C73H75BN2. The largest absolute Gasteiger partial charge is 0.311 e. The summed E-state index contributed by atoms with van der Waals surface area (Å²) in [6.45, 7) is 33.4. The number of rotatable bonds is 4. The standard InChI is InChI=1S/C73H75BN2/c1-44-32-47(4)67-57(33-44)72(13)31-30-50-22-18-19-23-56(50)73(72,14)58(67)37-48-24-27-59-63(38-48)75(61-28-25-53(36-46(61)3)69(5,6)7)65-34-45(2)35-66-68(65)74(59)60-39-51-42-71(11,12)43-52(51)40-64(60)76(66)62-29-26-54(70(8,9)10)41-55(62)49-20-16-15-17-21-49/h15-29,32-41H,30-31,42-43H2,1-14H3/b58-37+. The first-order valence-corrected chi connectivity index (χ1v) is 28.3. The van der Waals surface area contributed by atoms with Crippen LogP contribution >= 0.6 is 0 Å². The highest BCUT2D eigenvalue weighted by Gasteiger charge is 2.58. The van der Waals surface area contributed by atoms with Crippen molar-refractivity contribution in [2.75, 3.05) is 9.80 Å². The zero-order valence-electron chi connectivity index (χ0n) is 47.7. The Hall–Kier alpha value is -6.84. The molecule has 2 nitrogen and oxygen atoms in total. The number of anilines is 6. The first-order valence-electron chi connectivity index (χ1n) is 28.3. The molecule has 2 heterocycles. The Balaban J connectivity index is 1.10. The third-order valence-corrected chi connectivity index (χ3v) is 19.1. The second kappa shape index (κ2) is 16.6. The van der Waals surface area contributed by atoms with Crippen molar-refractivity contribution in [2.45, 2.75) is 144 Å². The first kappa shape index (κ1) is 48.8. The Morgan fingerprint density at radius 2 is 1.12 bits per heavy atom. The summed E-state index contributed by atoms with van der Waals surface area (Å²) in [4.78, 5) is 5.34. The lowest BCUT2D eigenvalue weighted by Crippen LogP contribution is -2.61. The maximum Gasteiger partial charge on any atom is 0.252 e. The van der Waals surface area contributed by atoms with E-state index in [1.165, 1.54) is 140 Å². The molecule has 380 valence electrons. The zero-order valence-corrected chi connectivity index (χ0v) is 47.7. The molecule has 13 rings (SSSR count). The van der Waals surface area contributed by atoms with E-state index in [0.29, 0.717) is 0 Å². The molecule has 0 saturated carbocycles. The van der Waals surface area contributed by atoms with Crippen LogP contribution in [0.5, 0.6) is 0 Å². The topological polar surface area (TPSA) is 6.48 Å². The third-order valence-electron chi connectivity index (χ3n) is 19.1. The molecule has 8 aromatic rings. The minimum absolute atomic E-state index is 0.0153. The minimum Gasteiger partial charge on any atom is -0.311 e. The van der Waals surface area contributed by atoms with Gasteiger partial charge in [-0.2, -0.15) is 0 Å². The van der Waals surface area contributed by atoms with Gasteiger partial charge in [0.15, 0.2) is 0 Å². The predicted octanol–water partition coefficient (Wildman–Crippen LogP) is 17.1. The molecule has 0 amide bonds. The van der Waals surface area contributed by atoms with Gasteiger partial charge in [-0.05, 0) is 206 Å². The fraction of sp³-hybridized carbons (Fsp3) is 0.315. The van der Waals surface area contributed by atoms with Crippen LogP contribution in [0.2, 0.25) is 0 Å². The van der Waals surface area contributed by atoms with Crippen LogP contribution in [-0.2, 0) is 40.9 Å². The molecule has 0 spiro atoms. The Labute approximate surface area is 455 Å². The molecule has 76 heavy (non-hydrogen) atoms. The molecule has 5 aliphatic rings. The van der Waals surface area contributed by atoms with Crippen molar-refractivity contribution in [3.05, 3.63) is 218 Å². The van der Waals surface area contributed by atoms with Crippen LogP contribution in [0.1, 0.15) is 148 Å². The molecular weight excluding hydrogens is 916 g/mol. The predicted molar refractivity (Wildman–Crippen MR) is 327 cm³/mol. The van der Waals surface area contributed by atoms with Crippen LogP contribution < -0.4 is 26.2 Å². The SMILES string of the molecule is Cc1cc2c3c(c1)N(c1ccc(C(C)(C)C)cc1-c1ccccc1)c1cc4c(cc1B3c1ccc(/C=C3\c5c(C)cc(C)cc5C5(C)CCc6ccccc6C35C)cc1N2c1ccc(C(C)(C)C)cc1C)CC(C)(C)C4. The summed E-state index contributed by atoms with van der Waals surface area (Å²) >= 11 is 0. The summed E-state index contributed by atoms with van der Waals surface area (Å²) in [5.74, 6) is 0. The van der Waals surface area contributed by atoms with Crippen LogP contribution in [0.4, 0.5) is 34.1 Å². The molecule has 2 unspecified atom stereocenters. The van der Waals surface area contributed by atoms with Gasteiger partial charge in [-0.3, -0.25) is 0 Å². The average Bonchev–Trinajstić information content (AvgIpc) is 3.84. The van der Waals surface area contributed by atoms with Crippen molar-refractivity contribution in [1.29, 1.82) is 0 Å². The van der Waals surface area contributed by atoms with Gasteiger partial charge in [-0.25, -0.2) is 0 Å². The molecule has 0 bridgehead atoms. The normalized spacial score (nSPS) is 20.2. The van der Waals surface area contributed by atoms with Gasteiger partial charge in [0.2, 0.25) is 0 Å². The Bertz CT molecular complexity index is 3800. The van der Waals surface area contributed by atoms with E-state index in [2.05, 4.69) is 258 Å². The zero-order chi connectivity index (χ0) is 53.2. The lowest BCUT2D eigenvalue weighted by molar-refractivity contribution is 0.296. The van der Waals surface area contributed by atoms with E-state index in [-0.39, 0.29) is 33.8 Å². The fourth-order valence-electron chi connectivity index (χ4n) is 15.1. The number of aryl methyl sites for hydroxylation is 5. The fourth-order valence-corrected chi connectivity index (χ4v) is 15.1. The first-order chi connectivity index (χ1) is 36.0. The summed E-state index contributed by atoms with van der Waals surface area (Å²) in [5.41, 5.74) is 33.7. The Morgan fingerprint density at radius 3 is 1.82 bits per heavy atom. The molecule has 0 N–H and O–H groups in total. The summed E-state index contributed by atoms with van der Waals surface area (Å²) < 4.78 is 0. The van der Waals surface area contributed by atoms with Gasteiger partial charge in [-0.1, -0.05) is 184 Å². The lowest BCUT2D eigenvalue weighted by Gasteiger charge is -2.48. The summed E-state index contributed by atoms with van der Waals surface area (Å²) in [5, 5.41) is 0. The van der Waals surface area contributed by atoms with E-state index in [1.54, 1.807) is 0 Å². The van der Waals surface area contributed by atoms with Crippen LogP contribution in [0, 0.1) is 33.1 Å². The lowest BCUT2D eigenvalue weighted by atomic mass is 9.33. The quantitative estimate of drug-likeness (QED) is 0.162. The molecule has 0 aromatic heterocycles. The smallest absolute Gasteiger partial charge is 0.252 e. The highest BCUT2D eigenvalue weighted by molar-refractivity contribution is 7.00. The van der Waals surface area contributed by atoms with Gasteiger partial charge >= 0.3 is 0 Å². The second-order valence-electron chi connectivity index (χ2n) is 27.1. The summed E-state index contributed by atoms with van der Waals surface area (Å²) in [6, 6.07) is 57.8. The molecule has 8 aromatic carbocycles. The van der Waals surface area contributed by atoms with Gasteiger partial charge in [0.05, 0.1) is 5.69 Å². The number of allylic oxidation sites excluding steroid dienone is 1. The minimum atomic E-state index is -0.208. The van der Waals surface area contributed by atoms with Crippen molar-refractivity contribution >= 4 is 68.9 Å². The van der Waals surface area contributed by atoms with Crippen molar-refractivity contribution in [3.8, 4) is 11.1 Å². The van der Waals surface area contributed by atoms with Gasteiger partial charge in [-0.15, -0.1) is 0 Å². The van der Waals surface area contributed by atoms with Crippen molar-refractivity contribution in [3.63, 3.8) is 0 Å². The van der Waals surface area contributed by atoms with Crippen LogP contribution in [0.3, 0.4) is 0 Å². The molecule has 2 atom stereocenters. The number of benzene rings is 8. The highest BCUT2D eigenvalue weighted by atomic mass is 15.2. The number of fused-ring (bicyclic) bond motifs is 10. The average molecular weight is 991 g/mol. The number of hydrogen-bond acceptors (Lipinski definition) is 2. The van der Waals surface area contributed by atoms with Crippen molar-refractivity contribution in [2.24, 2.45) is 5.41 Å². The van der Waals surface area contributed by atoms with Crippen LogP contribution in [0.25, 0.3) is 22.8 Å². The number of hydrogen-bond donors (Lipinski definition) is 0. The van der Waals surface area contributed by atoms with E-state index < -0.39 is 0 Å². The second-order valence-corrected chi connectivity index (χ2v) is 27.1. The molecule has 0 fully saturated rings. The van der Waals surface area contributed by atoms with Gasteiger partial charge in [0, 0.05) is 44.8 Å². The molecule has 0 radical (unpaired) electrons. The maximum absolute atomic E-state index is 2.68. The van der Waals surface area contributed by atoms with Crippen molar-refractivity contribution in [1.82, 2.24) is 0 Å². The molecule has 2 aliphatic heterocycles. The molecule has 0 saturated heterocycles. The third kappa shape index (κ3) is 7.19. The summed E-state index contributed by atoms with van der Waals surface area (Å²) in [6.07, 6.45) is 6.99. The number of nitrogens with zero attached hydrogens (tertiary/aromatic N) is 2. The van der Waals surface area contributed by atoms with E-state index >= 15 is 0 Å². The monoisotopic (exact) mass is 991 g/mol. The van der Waals surface area contributed by atoms with Crippen molar-refractivity contribution < 1.29 is 0 Å². The van der Waals surface area contributed by atoms with Crippen LogP contribution in [0.15, 0.2) is 146 Å². The van der Waals surface area contributed by atoms with E-state index in [1.807, 2.05) is 0 Å². The highest BCUT2D eigenvalue weighted by Crippen LogP contribution is 2.65. The van der Waals surface area contributed by atoms with Crippen LogP contribution in [-0.4, -0.2) is 6.71 Å². The van der Waals surface area contributed by atoms with E-state index in [4.69, 9.17) is 0 Å². The molecule has 3 aliphatic carbocycles. The van der Waals surface area contributed by atoms with Gasteiger partial charge in [0.1, 0.15) is 0 Å². The Kier molecular flexibility index (Phi) is 10.6. The molecule has 3 heteroatoms. The summed E-state index contributed by atoms with van der Waals surface area (Å²) in [7, 11) is 0. The van der Waals surface area contributed by atoms with Gasteiger partial charge < -0.3 is 9.80 Å². The maximum atomic E-state index is 2.68.